The molecule has 7 nitrogen and oxygen atoms in total. The van der Waals surface area contributed by atoms with Gasteiger partial charge in [-0.3, -0.25) is 4.79 Å². The Morgan fingerprint density at radius 2 is 1.74 bits per heavy atom. The number of furan rings is 1. The van der Waals surface area contributed by atoms with Crippen molar-refractivity contribution in [1.29, 1.82) is 0 Å². The molecule has 1 aromatic heterocycles. The maximum Gasteiger partial charge on any atom is 0.339 e. The fourth-order valence-corrected chi connectivity index (χ4v) is 3.96. The normalized spacial score (nSPS) is 11.2. The number of hydrogen-bond acceptors (Lipinski definition) is 6. The number of carbonyl (C=O) groups excluding carboxylic acids is 2. The molecular formula is C22H20ClNO6S. The fraction of sp³-hybridized carbons (Fsp3) is 0.182. The quantitative estimate of drug-likeness (QED) is 0.511. The second-order valence-corrected chi connectivity index (χ2v) is 9.21. The molecule has 0 unspecified atom stereocenters. The molecule has 0 fully saturated rings. The molecular weight excluding hydrogens is 442 g/mol. The van der Waals surface area contributed by atoms with Gasteiger partial charge < -0.3 is 14.5 Å². The molecule has 1 N–H and O–H groups in total. The summed E-state index contributed by atoms with van der Waals surface area (Å²) in [6, 6.07) is 16.4. The maximum absolute atomic E-state index is 12.3. The lowest BCUT2D eigenvalue weighted by atomic mass is 10.2. The summed E-state index contributed by atoms with van der Waals surface area (Å²) in [5, 5.41) is 3.20. The van der Waals surface area contributed by atoms with Crippen LogP contribution < -0.4 is 5.32 Å². The number of sulfone groups is 1. The van der Waals surface area contributed by atoms with Crippen LogP contribution in [-0.4, -0.2) is 32.7 Å². The molecule has 0 aliphatic rings. The highest BCUT2D eigenvalue weighted by Crippen LogP contribution is 2.23. The molecule has 0 atom stereocenters. The van der Waals surface area contributed by atoms with Crippen molar-refractivity contribution in [2.75, 3.05) is 12.4 Å². The highest BCUT2D eigenvalue weighted by Gasteiger charge is 2.22. The molecule has 1 heterocycles. The van der Waals surface area contributed by atoms with Crippen molar-refractivity contribution in [1.82, 2.24) is 5.32 Å². The Kier molecular flexibility index (Phi) is 7.14. The SMILES string of the molecule is CCS(=O)(=O)c1ccccc1C(=O)OCC(=O)NCc1ccc(-c2ccc(Cl)cc2)o1. The highest BCUT2D eigenvalue weighted by molar-refractivity contribution is 7.91. The van der Waals surface area contributed by atoms with E-state index in [4.69, 9.17) is 20.8 Å². The van der Waals surface area contributed by atoms with Crippen LogP contribution in [0.15, 0.2) is 70.0 Å². The smallest absolute Gasteiger partial charge is 0.339 e. The summed E-state index contributed by atoms with van der Waals surface area (Å²) in [4.78, 5) is 24.2. The average Bonchev–Trinajstić information content (AvgIpc) is 3.25. The van der Waals surface area contributed by atoms with Crippen molar-refractivity contribution < 1.29 is 27.2 Å². The number of nitrogens with one attached hydrogen (secondary N) is 1. The van der Waals surface area contributed by atoms with Gasteiger partial charge in [-0.25, -0.2) is 13.2 Å². The van der Waals surface area contributed by atoms with E-state index in [2.05, 4.69) is 5.32 Å². The Balaban J connectivity index is 1.55. The number of amides is 1. The first kappa shape index (κ1) is 22.6. The van der Waals surface area contributed by atoms with E-state index in [9.17, 15) is 18.0 Å². The van der Waals surface area contributed by atoms with E-state index < -0.39 is 28.3 Å². The number of carbonyl (C=O) groups is 2. The van der Waals surface area contributed by atoms with Crippen LogP contribution in [0.25, 0.3) is 11.3 Å². The minimum Gasteiger partial charge on any atom is -0.459 e. The molecule has 0 bridgehead atoms. The van der Waals surface area contributed by atoms with E-state index >= 15 is 0 Å². The van der Waals surface area contributed by atoms with Crippen LogP contribution in [0.5, 0.6) is 0 Å². The van der Waals surface area contributed by atoms with Crippen LogP contribution in [0.2, 0.25) is 5.02 Å². The summed E-state index contributed by atoms with van der Waals surface area (Å²) in [6.07, 6.45) is 0. The molecule has 2 aromatic carbocycles. The molecule has 0 aliphatic carbocycles. The van der Waals surface area contributed by atoms with E-state index in [0.29, 0.717) is 16.5 Å². The predicted octanol–water partition coefficient (Wildman–Crippen LogP) is 3.87. The van der Waals surface area contributed by atoms with Crippen LogP contribution in [0.4, 0.5) is 0 Å². The Morgan fingerprint density at radius 3 is 2.45 bits per heavy atom. The van der Waals surface area contributed by atoms with Crippen LogP contribution in [-0.2, 0) is 25.9 Å². The van der Waals surface area contributed by atoms with E-state index in [-0.39, 0.29) is 22.8 Å². The Labute approximate surface area is 184 Å². The topological polar surface area (TPSA) is 103 Å². The van der Waals surface area contributed by atoms with Crippen LogP contribution in [0, 0.1) is 0 Å². The first-order valence-corrected chi connectivity index (χ1v) is 11.4. The van der Waals surface area contributed by atoms with Crippen molar-refractivity contribution in [2.45, 2.75) is 18.4 Å². The number of rotatable bonds is 8. The zero-order chi connectivity index (χ0) is 22.4. The predicted molar refractivity (Wildman–Crippen MR) is 115 cm³/mol. The fourth-order valence-electron chi connectivity index (χ4n) is 2.75. The van der Waals surface area contributed by atoms with Gasteiger partial charge in [0.1, 0.15) is 11.5 Å². The summed E-state index contributed by atoms with van der Waals surface area (Å²) in [7, 11) is -3.60. The van der Waals surface area contributed by atoms with Gasteiger partial charge in [-0.05, 0) is 48.5 Å². The number of benzene rings is 2. The van der Waals surface area contributed by atoms with E-state index in [1.165, 1.54) is 31.2 Å². The summed E-state index contributed by atoms with van der Waals surface area (Å²) >= 11 is 5.87. The number of esters is 1. The Bertz CT molecular complexity index is 1180. The second kappa shape index (κ2) is 9.80. The standard InChI is InChI=1S/C22H20ClNO6S/c1-2-31(27,28)20-6-4-3-5-18(20)22(26)29-14-21(25)24-13-17-11-12-19(30-17)15-7-9-16(23)10-8-15/h3-12H,2,13-14H2,1H3,(H,24,25). The molecule has 1 amide bonds. The zero-order valence-corrected chi connectivity index (χ0v) is 18.2. The summed E-state index contributed by atoms with van der Waals surface area (Å²) in [5.74, 6) is -0.441. The summed E-state index contributed by atoms with van der Waals surface area (Å²) < 4.78 is 35.0. The van der Waals surface area contributed by atoms with Crippen molar-refractivity contribution in [3.63, 3.8) is 0 Å². The number of ether oxygens (including phenoxy) is 1. The van der Waals surface area contributed by atoms with Crippen molar-refractivity contribution in [3.05, 3.63) is 77.0 Å². The van der Waals surface area contributed by atoms with Crippen molar-refractivity contribution >= 4 is 33.3 Å². The lowest BCUT2D eigenvalue weighted by Crippen LogP contribution is -2.28. The van der Waals surface area contributed by atoms with Crippen LogP contribution in [0.1, 0.15) is 23.0 Å². The highest BCUT2D eigenvalue weighted by atomic mass is 35.5. The van der Waals surface area contributed by atoms with Gasteiger partial charge in [0.25, 0.3) is 5.91 Å². The van der Waals surface area contributed by atoms with Crippen molar-refractivity contribution in [2.24, 2.45) is 0 Å². The van der Waals surface area contributed by atoms with Gasteiger partial charge in [0, 0.05) is 10.6 Å². The molecule has 0 aliphatic heterocycles. The van der Waals surface area contributed by atoms with E-state index in [0.717, 1.165) is 5.56 Å². The molecule has 31 heavy (non-hydrogen) atoms. The number of halogens is 1. The molecule has 3 rings (SSSR count). The number of hydrogen-bond donors (Lipinski definition) is 1. The third-order valence-corrected chi connectivity index (χ3v) is 6.44. The minimum atomic E-state index is -3.60. The third kappa shape index (κ3) is 5.74. The van der Waals surface area contributed by atoms with Gasteiger partial charge in [-0.15, -0.1) is 0 Å². The molecule has 162 valence electrons. The maximum atomic E-state index is 12.3. The lowest BCUT2D eigenvalue weighted by molar-refractivity contribution is -0.124. The molecule has 0 saturated heterocycles. The largest absolute Gasteiger partial charge is 0.459 e. The first-order valence-electron chi connectivity index (χ1n) is 9.40. The second-order valence-electron chi connectivity index (χ2n) is 6.53. The first-order chi connectivity index (χ1) is 14.8. The van der Waals surface area contributed by atoms with Gasteiger partial charge in [0.05, 0.1) is 22.8 Å². The van der Waals surface area contributed by atoms with Gasteiger partial charge in [0.2, 0.25) is 0 Å². The molecule has 0 radical (unpaired) electrons. The summed E-state index contributed by atoms with van der Waals surface area (Å²) in [6.45, 7) is 1.03. The Hall–Kier alpha value is -3.10. The summed E-state index contributed by atoms with van der Waals surface area (Å²) in [5.41, 5.74) is 0.743. The molecule has 9 heteroatoms. The molecule has 3 aromatic rings. The van der Waals surface area contributed by atoms with Crippen LogP contribution in [0.3, 0.4) is 0 Å². The molecule has 0 spiro atoms. The van der Waals surface area contributed by atoms with E-state index in [1.54, 1.807) is 24.3 Å². The zero-order valence-electron chi connectivity index (χ0n) is 16.6. The van der Waals surface area contributed by atoms with Crippen LogP contribution >= 0.6 is 11.6 Å². The van der Waals surface area contributed by atoms with Gasteiger partial charge >= 0.3 is 5.97 Å². The van der Waals surface area contributed by atoms with Gasteiger partial charge in [-0.1, -0.05) is 30.7 Å². The minimum absolute atomic E-state index is 0.101. The Morgan fingerprint density at radius 1 is 1.03 bits per heavy atom. The molecule has 0 saturated carbocycles. The monoisotopic (exact) mass is 461 g/mol. The third-order valence-electron chi connectivity index (χ3n) is 4.41. The van der Waals surface area contributed by atoms with Gasteiger partial charge in [-0.2, -0.15) is 0 Å². The lowest BCUT2D eigenvalue weighted by Gasteiger charge is -2.09. The van der Waals surface area contributed by atoms with Crippen molar-refractivity contribution in [3.8, 4) is 11.3 Å². The van der Waals surface area contributed by atoms with Gasteiger partial charge in [0.15, 0.2) is 16.4 Å². The van der Waals surface area contributed by atoms with E-state index in [1.807, 2.05) is 12.1 Å². The average molecular weight is 462 g/mol.